The second kappa shape index (κ2) is 7.54. The third-order valence-electron chi connectivity index (χ3n) is 2.62. The molecule has 100 valence electrons. The van der Waals surface area contributed by atoms with Crippen LogP contribution in [0.3, 0.4) is 0 Å². The van der Waals surface area contributed by atoms with Crippen LogP contribution in [0.25, 0.3) is 0 Å². The van der Waals surface area contributed by atoms with Crippen LogP contribution in [0.15, 0.2) is 54.6 Å². The van der Waals surface area contributed by atoms with E-state index in [2.05, 4.69) is 0 Å². The Kier molecular flexibility index (Phi) is 5.38. The van der Waals surface area contributed by atoms with Crippen LogP contribution in [-0.4, -0.2) is 13.3 Å². The Hall–Kier alpha value is -1.87. The number of alkyl halides is 1. The lowest BCUT2D eigenvalue weighted by molar-refractivity contribution is 0.107. The molecule has 0 amide bonds. The van der Waals surface area contributed by atoms with E-state index in [0.717, 1.165) is 11.1 Å². The minimum absolute atomic E-state index is 0.0916. The summed E-state index contributed by atoms with van der Waals surface area (Å²) >= 11 is 0. The molecule has 2 aromatic rings. The summed E-state index contributed by atoms with van der Waals surface area (Å²) in [6.07, 6.45) is 0. The quantitative estimate of drug-likeness (QED) is 0.754. The van der Waals surface area contributed by atoms with Crippen molar-refractivity contribution >= 4 is 0 Å². The van der Waals surface area contributed by atoms with Crippen molar-refractivity contribution in [2.24, 2.45) is 0 Å². The molecule has 0 saturated heterocycles. The molecule has 0 aliphatic carbocycles. The van der Waals surface area contributed by atoms with Crippen molar-refractivity contribution in [2.75, 3.05) is 13.3 Å². The maximum Gasteiger partial charge on any atom is 0.123 e. The summed E-state index contributed by atoms with van der Waals surface area (Å²) in [6.45, 7) is 0.710. The summed E-state index contributed by atoms with van der Waals surface area (Å²) in [4.78, 5) is 0. The van der Waals surface area contributed by atoms with Crippen LogP contribution in [0.2, 0.25) is 0 Å². The smallest absolute Gasteiger partial charge is 0.123 e. The lowest BCUT2D eigenvalue weighted by Crippen LogP contribution is -1.99. The predicted molar refractivity (Wildman–Crippen MR) is 72.8 cm³/mol. The average Bonchev–Trinajstić information content (AvgIpc) is 2.47. The van der Waals surface area contributed by atoms with Gasteiger partial charge in [0.25, 0.3) is 0 Å². The monoisotopic (exact) mass is 260 g/mol. The fraction of sp³-hybridized carbons (Fsp3) is 0.250. The van der Waals surface area contributed by atoms with Crippen LogP contribution >= 0.6 is 0 Å². The van der Waals surface area contributed by atoms with Gasteiger partial charge in [-0.2, -0.15) is 0 Å². The van der Waals surface area contributed by atoms with Crippen LogP contribution in [0, 0.1) is 0 Å². The SMILES string of the molecule is FCCOc1cccc(COCc2ccccc2)c1. The minimum Gasteiger partial charge on any atom is -0.491 e. The van der Waals surface area contributed by atoms with E-state index in [9.17, 15) is 4.39 Å². The van der Waals surface area contributed by atoms with Gasteiger partial charge in [-0.15, -0.1) is 0 Å². The van der Waals surface area contributed by atoms with E-state index in [0.29, 0.717) is 19.0 Å². The van der Waals surface area contributed by atoms with Gasteiger partial charge in [-0.3, -0.25) is 0 Å². The molecule has 2 nitrogen and oxygen atoms in total. The molecule has 0 aliphatic rings. The van der Waals surface area contributed by atoms with E-state index in [1.54, 1.807) is 0 Å². The third-order valence-corrected chi connectivity index (χ3v) is 2.62. The molecule has 0 aliphatic heterocycles. The van der Waals surface area contributed by atoms with Gasteiger partial charge in [-0.05, 0) is 23.3 Å². The molecule has 0 fully saturated rings. The van der Waals surface area contributed by atoms with Crippen molar-refractivity contribution in [3.05, 3.63) is 65.7 Å². The number of halogens is 1. The number of benzene rings is 2. The van der Waals surface area contributed by atoms with Crippen LogP contribution < -0.4 is 4.74 Å². The van der Waals surface area contributed by atoms with Gasteiger partial charge in [-0.25, -0.2) is 4.39 Å². The Morgan fingerprint density at radius 2 is 1.58 bits per heavy atom. The fourth-order valence-corrected chi connectivity index (χ4v) is 1.74. The highest BCUT2D eigenvalue weighted by Gasteiger charge is 1.98. The molecule has 0 saturated carbocycles. The van der Waals surface area contributed by atoms with E-state index in [1.165, 1.54) is 0 Å². The maximum absolute atomic E-state index is 12.0. The second-order valence-electron chi connectivity index (χ2n) is 4.16. The normalized spacial score (nSPS) is 10.4. The van der Waals surface area contributed by atoms with Gasteiger partial charge in [0, 0.05) is 0 Å². The summed E-state index contributed by atoms with van der Waals surface area (Å²) < 4.78 is 22.9. The van der Waals surface area contributed by atoms with Crippen LogP contribution in [0.4, 0.5) is 4.39 Å². The van der Waals surface area contributed by atoms with Crippen molar-refractivity contribution in [2.45, 2.75) is 13.2 Å². The molecule has 0 radical (unpaired) electrons. The molecule has 19 heavy (non-hydrogen) atoms. The van der Waals surface area contributed by atoms with Crippen molar-refractivity contribution in [3.63, 3.8) is 0 Å². The van der Waals surface area contributed by atoms with Crippen molar-refractivity contribution < 1.29 is 13.9 Å². The zero-order valence-electron chi connectivity index (χ0n) is 10.7. The molecule has 3 heteroatoms. The Morgan fingerprint density at radius 3 is 2.37 bits per heavy atom. The molecule has 0 atom stereocenters. The zero-order chi connectivity index (χ0) is 13.3. The first-order chi connectivity index (χ1) is 9.38. The van der Waals surface area contributed by atoms with Gasteiger partial charge in [0.05, 0.1) is 13.2 Å². The van der Waals surface area contributed by atoms with Crippen molar-refractivity contribution in [1.29, 1.82) is 0 Å². The van der Waals surface area contributed by atoms with E-state index < -0.39 is 6.67 Å². The van der Waals surface area contributed by atoms with Gasteiger partial charge in [0.1, 0.15) is 19.0 Å². The van der Waals surface area contributed by atoms with Gasteiger partial charge < -0.3 is 9.47 Å². The highest BCUT2D eigenvalue weighted by molar-refractivity contribution is 5.28. The summed E-state index contributed by atoms with van der Waals surface area (Å²) in [7, 11) is 0. The number of ether oxygens (including phenoxy) is 2. The van der Waals surface area contributed by atoms with Gasteiger partial charge in [0.2, 0.25) is 0 Å². The Morgan fingerprint density at radius 1 is 0.842 bits per heavy atom. The van der Waals surface area contributed by atoms with Crippen molar-refractivity contribution in [1.82, 2.24) is 0 Å². The summed E-state index contributed by atoms with van der Waals surface area (Å²) in [5, 5.41) is 0. The first-order valence-corrected chi connectivity index (χ1v) is 6.28. The Balaban J connectivity index is 1.82. The molecular formula is C16H17FO2. The van der Waals surface area contributed by atoms with E-state index in [-0.39, 0.29) is 6.61 Å². The number of hydrogen-bond donors (Lipinski definition) is 0. The summed E-state index contributed by atoms with van der Waals surface area (Å²) in [5.41, 5.74) is 2.17. The minimum atomic E-state index is -0.477. The molecular weight excluding hydrogens is 243 g/mol. The largest absolute Gasteiger partial charge is 0.491 e. The van der Waals surface area contributed by atoms with Crippen molar-refractivity contribution in [3.8, 4) is 5.75 Å². The highest BCUT2D eigenvalue weighted by Crippen LogP contribution is 2.14. The molecule has 0 bridgehead atoms. The van der Waals surface area contributed by atoms with Gasteiger partial charge in [-0.1, -0.05) is 42.5 Å². The average molecular weight is 260 g/mol. The lowest BCUT2D eigenvalue weighted by atomic mass is 10.2. The van der Waals surface area contributed by atoms with E-state index in [1.807, 2.05) is 54.6 Å². The Labute approximate surface area is 112 Å². The van der Waals surface area contributed by atoms with Crippen LogP contribution in [-0.2, 0) is 18.0 Å². The maximum atomic E-state index is 12.0. The second-order valence-corrected chi connectivity index (χ2v) is 4.16. The van der Waals surface area contributed by atoms with Crippen LogP contribution in [0.1, 0.15) is 11.1 Å². The molecule has 0 N–H and O–H groups in total. The highest BCUT2D eigenvalue weighted by atomic mass is 19.1. The molecule has 0 heterocycles. The Bertz CT molecular complexity index is 485. The lowest BCUT2D eigenvalue weighted by Gasteiger charge is -2.07. The topological polar surface area (TPSA) is 18.5 Å². The zero-order valence-corrected chi connectivity index (χ0v) is 10.7. The molecule has 0 unspecified atom stereocenters. The number of hydrogen-bond acceptors (Lipinski definition) is 2. The standard InChI is InChI=1S/C16H17FO2/c17-9-10-19-16-8-4-7-15(11-16)13-18-12-14-5-2-1-3-6-14/h1-8,11H,9-10,12-13H2. The molecule has 2 aromatic carbocycles. The molecule has 2 rings (SSSR count). The predicted octanol–water partition coefficient (Wildman–Crippen LogP) is 3.75. The third kappa shape index (κ3) is 4.72. The first kappa shape index (κ1) is 13.6. The summed E-state index contributed by atoms with van der Waals surface area (Å²) in [5.74, 6) is 0.679. The van der Waals surface area contributed by atoms with Gasteiger partial charge >= 0.3 is 0 Å². The molecule has 0 spiro atoms. The summed E-state index contributed by atoms with van der Waals surface area (Å²) in [6, 6.07) is 17.6. The molecule has 0 aromatic heterocycles. The fourth-order valence-electron chi connectivity index (χ4n) is 1.74. The van der Waals surface area contributed by atoms with E-state index >= 15 is 0 Å². The number of rotatable bonds is 7. The first-order valence-electron chi connectivity index (χ1n) is 6.28. The van der Waals surface area contributed by atoms with E-state index in [4.69, 9.17) is 9.47 Å². The van der Waals surface area contributed by atoms with Gasteiger partial charge in [0.15, 0.2) is 0 Å². The van der Waals surface area contributed by atoms with Crippen LogP contribution in [0.5, 0.6) is 5.75 Å².